The number of hydrogen-bond donors (Lipinski definition) is 2. The molecular formula is C12H16N2O2. The normalized spacial score (nSPS) is 19.1. The fourth-order valence-corrected chi connectivity index (χ4v) is 2.23. The maximum Gasteiger partial charge on any atom is 0.211 e. The summed E-state index contributed by atoms with van der Waals surface area (Å²) in [6, 6.07) is 5.87. The Bertz CT molecular complexity index is 393. The van der Waals surface area contributed by atoms with Crippen LogP contribution in [0, 0.1) is 5.92 Å². The van der Waals surface area contributed by atoms with E-state index in [9.17, 15) is 9.90 Å². The second kappa shape index (κ2) is 4.53. The highest BCUT2D eigenvalue weighted by molar-refractivity contribution is 5.75. The molecule has 0 saturated carbocycles. The molecule has 2 rings (SSSR count). The van der Waals surface area contributed by atoms with Crippen LogP contribution in [0.1, 0.15) is 5.56 Å². The maximum absolute atomic E-state index is 10.4. The van der Waals surface area contributed by atoms with Gasteiger partial charge in [-0.15, -0.1) is 0 Å². The number of rotatable bonds is 3. The van der Waals surface area contributed by atoms with Crippen molar-refractivity contribution in [3.8, 4) is 0 Å². The summed E-state index contributed by atoms with van der Waals surface area (Å²) in [6.45, 7) is 1.08. The fraction of sp³-hybridized carbons (Fsp3) is 0.417. The van der Waals surface area contributed by atoms with Crippen molar-refractivity contribution >= 4 is 17.8 Å². The van der Waals surface area contributed by atoms with Gasteiger partial charge in [0.25, 0.3) is 0 Å². The van der Waals surface area contributed by atoms with E-state index in [1.807, 2.05) is 25.2 Å². The predicted molar refractivity (Wildman–Crippen MR) is 63.7 cm³/mol. The SMILES string of the molecule is CN1CC(CO)Cc2ccc(NC=O)cc21. The van der Waals surface area contributed by atoms with Crippen molar-refractivity contribution in [1.82, 2.24) is 0 Å². The number of fused-ring (bicyclic) bond motifs is 1. The molecule has 16 heavy (non-hydrogen) atoms. The van der Waals surface area contributed by atoms with Gasteiger partial charge in [0.15, 0.2) is 0 Å². The molecule has 2 N–H and O–H groups in total. The van der Waals surface area contributed by atoms with E-state index in [1.54, 1.807) is 0 Å². The minimum Gasteiger partial charge on any atom is -0.396 e. The minimum atomic E-state index is 0.220. The van der Waals surface area contributed by atoms with E-state index in [0.29, 0.717) is 12.3 Å². The van der Waals surface area contributed by atoms with Crippen molar-refractivity contribution in [3.05, 3.63) is 23.8 Å². The molecule has 1 aromatic carbocycles. The zero-order valence-electron chi connectivity index (χ0n) is 9.31. The van der Waals surface area contributed by atoms with Crippen LogP contribution in [0.2, 0.25) is 0 Å². The van der Waals surface area contributed by atoms with Gasteiger partial charge in [0.1, 0.15) is 0 Å². The zero-order valence-corrected chi connectivity index (χ0v) is 9.31. The summed E-state index contributed by atoms with van der Waals surface area (Å²) in [6.07, 6.45) is 1.58. The fourth-order valence-electron chi connectivity index (χ4n) is 2.23. The van der Waals surface area contributed by atoms with E-state index in [2.05, 4.69) is 10.2 Å². The molecule has 0 aromatic heterocycles. The number of carbonyl (C=O) groups is 1. The molecule has 86 valence electrons. The van der Waals surface area contributed by atoms with Crippen LogP contribution in [-0.4, -0.2) is 31.7 Å². The van der Waals surface area contributed by atoms with Gasteiger partial charge in [-0.2, -0.15) is 0 Å². The van der Waals surface area contributed by atoms with Crippen LogP contribution in [0.15, 0.2) is 18.2 Å². The van der Waals surface area contributed by atoms with Gasteiger partial charge in [-0.25, -0.2) is 0 Å². The molecule has 4 heteroatoms. The number of aliphatic hydroxyl groups excluding tert-OH is 1. The molecule has 1 aliphatic rings. The van der Waals surface area contributed by atoms with E-state index in [1.165, 1.54) is 5.56 Å². The van der Waals surface area contributed by atoms with E-state index < -0.39 is 0 Å². The first kappa shape index (κ1) is 11.0. The molecule has 0 spiro atoms. The molecule has 1 aliphatic heterocycles. The number of hydrogen-bond acceptors (Lipinski definition) is 3. The van der Waals surface area contributed by atoms with Crippen molar-refractivity contribution in [2.45, 2.75) is 6.42 Å². The number of nitrogens with zero attached hydrogens (tertiary/aromatic N) is 1. The second-order valence-electron chi connectivity index (χ2n) is 4.24. The van der Waals surface area contributed by atoms with Crippen LogP contribution in [-0.2, 0) is 11.2 Å². The lowest BCUT2D eigenvalue weighted by Gasteiger charge is -2.32. The van der Waals surface area contributed by atoms with E-state index in [4.69, 9.17) is 0 Å². The summed E-state index contributed by atoms with van der Waals surface area (Å²) in [5.41, 5.74) is 3.17. The van der Waals surface area contributed by atoms with Crippen molar-refractivity contribution < 1.29 is 9.90 Å². The Morgan fingerprint density at radius 1 is 1.62 bits per heavy atom. The van der Waals surface area contributed by atoms with E-state index in [-0.39, 0.29) is 6.61 Å². The average molecular weight is 220 g/mol. The first-order valence-electron chi connectivity index (χ1n) is 5.39. The molecule has 1 unspecified atom stereocenters. The molecule has 0 radical (unpaired) electrons. The molecular weight excluding hydrogens is 204 g/mol. The van der Waals surface area contributed by atoms with Crippen LogP contribution in [0.3, 0.4) is 0 Å². The number of amides is 1. The van der Waals surface area contributed by atoms with Crippen LogP contribution in [0.25, 0.3) is 0 Å². The van der Waals surface area contributed by atoms with Crippen LogP contribution in [0.5, 0.6) is 0 Å². The third-order valence-electron chi connectivity index (χ3n) is 3.02. The predicted octanol–water partition coefficient (Wildman–Crippen LogP) is 0.856. The van der Waals surface area contributed by atoms with Gasteiger partial charge in [0.05, 0.1) is 0 Å². The summed E-state index contributed by atoms with van der Waals surface area (Å²) >= 11 is 0. The van der Waals surface area contributed by atoms with Crippen molar-refractivity contribution in [1.29, 1.82) is 0 Å². The van der Waals surface area contributed by atoms with Crippen molar-refractivity contribution in [2.24, 2.45) is 5.92 Å². The van der Waals surface area contributed by atoms with Gasteiger partial charge in [-0.3, -0.25) is 4.79 Å². The van der Waals surface area contributed by atoms with Gasteiger partial charge in [0.2, 0.25) is 6.41 Å². The summed E-state index contributed by atoms with van der Waals surface area (Å²) in [4.78, 5) is 12.5. The number of carbonyl (C=O) groups excluding carboxylic acids is 1. The van der Waals surface area contributed by atoms with Crippen molar-refractivity contribution in [2.75, 3.05) is 30.4 Å². The third-order valence-corrected chi connectivity index (χ3v) is 3.02. The summed E-state index contributed by atoms with van der Waals surface area (Å²) < 4.78 is 0. The Morgan fingerprint density at radius 2 is 2.44 bits per heavy atom. The molecule has 1 amide bonds. The highest BCUT2D eigenvalue weighted by Gasteiger charge is 2.21. The Hall–Kier alpha value is -1.55. The number of anilines is 2. The molecule has 1 aromatic rings. The quantitative estimate of drug-likeness (QED) is 0.743. The minimum absolute atomic E-state index is 0.220. The Labute approximate surface area is 94.9 Å². The molecule has 4 nitrogen and oxygen atoms in total. The molecule has 0 aliphatic carbocycles. The van der Waals surface area contributed by atoms with E-state index in [0.717, 1.165) is 24.3 Å². The summed E-state index contributed by atoms with van der Waals surface area (Å²) in [7, 11) is 2.01. The van der Waals surface area contributed by atoms with Gasteiger partial charge < -0.3 is 15.3 Å². The molecule has 0 fully saturated rings. The third kappa shape index (κ3) is 2.02. The summed E-state index contributed by atoms with van der Waals surface area (Å²) in [5, 5.41) is 11.8. The van der Waals surface area contributed by atoms with E-state index >= 15 is 0 Å². The first-order chi connectivity index (χ1) is 7.74. The highest BCUT2D eigenvalue weighted by Crippen LogP contribution is 2.30. The van der Waals surface area contributed by atoms with Crippen LogP contribution in [0.4, 0.5) is 11.4 Å². The number of benzene rings is 1. The molecule has 0 saturated heterocycles. The standard InChI is InChI=1S/C12H16N2O2/c1-14-6-9(7-15)4-10-2-3-11(13-8-16)5-12(10)14/h2-3,5,8-9,15H,4,6-7H2,1H3,(H,13,16). The smallest absolute Gasteiger partial charge is 0.211 e. The number of aliphatic hydroxyl groups is 1. The highest BCUT2D eigenvalue weighted by atomic mass is 16.3. The lowest BCUT2D eigenvalue weighted by Crippen LogP contribution is -2.34. The lowest BCUT2D eigenvalue weighted by molar-refractivity contribution is -0.105. The monoisotopic (exact) mass is 220 g/mol. The largest absolute Gasteiger partial charge is 0.396 e. The Kier molecular flexibility index (Phi) is 3.10. The number of nitrogens with one attached hydrogen (secondary N) is 1. The van der Waals surface area contributed by atoms with Gasteiger partial charge in [-0.1, -0.05) is 6.07 Å². The van der Waals surface area contributed by atoms with Crippen LogP contribution < -0.4 is 10.2 Å². The lowest BCUT2D eigenvalue weighted by atomic mass is 9.93. The topological polar surface area (TPSA) is 52.6 Å². The maximum atomic E-state index is 10.4. The van der Waals surface area contributed by atoms with Crippen LogP contribution >= 0.6 is 0 Å². The van der Waals surface area contributed by atoms with Gasteiger partial charge in [0, 0.05) is 37.5 Å². The zero-order chi connectivity index (χ0) is 11.5. The second-order valence-corrected chi connectivity index (χ2v) is 4.24. The van der Waals surface area contributed by atoms with Crippen molar-refractivity contribution in [3.63, 3.8) is 0 Å². The summed E-state index contributed by atoms with van der Waals surface area (Å²) in [5.74, 6) is 0.308. The van der Waals surface area contributed by atoms with Gasteiger partial charge >= 0.3 is 0 Å². The van der Waals surface area contributed by atoms with Gasteiger partial charge in [-0.05, 0) is 24.1 Å². The Morgan fingerprint density at radius 3 is 3.12 bits per heavy atom. The molecule has 1 heterocycles. The average Bonchev–Trinajstić information content (AvgIpc) is 2.30. The first-order valence-corrected chi connectivity index (χ1v) is 5.39. The Balaban J connectivity index is 2.29. The molecule has 1 atom stereocenters. The molecule has 0 bridgehead atoms.